The molecule has 0 fully saturated rings. The van der Waals surface area contributed by atoms with E-state index in [-0.39, 0.29) is 5.38 Å². The molecule has 0 amide bonds. The fourth-order valence-corrected chi connectivity index (χ4v) is 0.907. The molecule has 2 nitrogen and oxygen atoms in total. The van der Waals surface area contributed by atoms with E-state index in [4.69, 9.17) is 11.6 Å². The Hall–Kier alpha value is -0.850. The minimum Gasteiger partial charge on any atom is -0.211 e. The number of nitrogens with zero attached hydrogens (tertiary/aromatic N) is 1. The predicted octanol–water partition coefficient (Wildman–Crippen LogP) is 2.41. The lowest BCUT2D eigenvalue weighted by atomic mass is 10.2. The lowest BCUT2D eigenvalue weighted by Crippen LogP contribution is -1.90. The SMILES string of the molecule is C=CC[C@H](Cl)/C=C(\C)N=C=O. The summed E-state index contributed by atoms with van der Waals surface area (Å²) in [6.45, 7) is 5.23. The molecule has 0 spiro atoms. The van der Waals surface area contributed by atoms with Crippen LogP contribution in [0.2, 0.25) is 0 Å². The molecule has 0 saturated carbocycles. The summed E-state index contributed by atoms with van der Waals surface area (Å²) in [5.41, 5.74) is 0.585. The molecule has 0 aromatic heterocycles. The molecule has 0 aromatic carbocycles. The highest BCUT2D eigenvalue weighted by Gasteiger charge is 1.96. The molecule has 0 aliphatic heterocycles. The van der Waals surface area contributed by atoms with Gasteiger partial charge in [-0.05, 0) is 19.4 Å². The molecule has 0 N–H and O–H groups in total. The smallest absolute Gasteiger partial charge is 0.211 e. The van der Waals surface area contributed by atoms with Crippen LogP contribution >= 0.6 is 11.6 Å². The monoisotopic (exact) mass is 171 g/mol. The highest BCUT2D eigenvalue weighted by Crippen LogP contribution is 2.07. The number of halogens is 1. The van der Waals surface area contributed by atoms with E-state index in [0.29, 0.717) is 12.1 Å². The minimum atomic E-state index is -0.135. The second-order valence-corrected chi connectivity index (χ2v) is 2.61. The Morgan fingerprint density at radius 3 is 3.00 bits per heavy atom. The summed E-state index contributed by atoms with van der Waals surface area (Å²) in [6.07, 6.45) is 5.51. The van der Waals surface area contributed by atoms with Gasteiger partial charge in [-0.15, -0.1) is 18.2 Å². The van der Waals surface area contributed by atoms with Crippen molar-refractivity contribution in [2.45, 2.75) is 18.7 Å². The van der Waals surface area contributed by atoms with Crippen molar-refractivity contribution < 1.29 is 4.79 Å². The van der Waals surface area contributed by atoms with Crippen LogP contribution < -0.4 is 0 Å². The summed E-state index contributed by atoms with van der Waals surface area (Å²) < 4.78 is 0. The average Bonchev–Trinajstić information content (AvgIpc) is 1.87. The first kappa shape index (κ1) is 10.2. The predicted molar refractivity (Wildman–Crippen MR) is 46.3 cm³/mol. The topological polar surface area (TPSA) is 29.4 Å². The molecular weight excluding hydrogens is 162 g/mol. The largest absolute Gasteiger partial charge is 0.240 e. The minimum absolute atomic E-state index is 0.135. The second kappa shape index (κ2) is 5.90. The summed E-state index contributed by atoms with van der Waals surface area (Å²) in [5.74, 6) is 0. The van der Waals surface area contributed by atoms with Crippen molar-refractivity contribution in [3.05, 3.63) is 24.4 Å². The van der Waals surface area contributed by atoms with E-state index >= 15 is 0 Å². The number of hydrogen-bond acceptors (Lipinski definition) is 2. The molecule has 0 rings (SSSR count). The van der Waals surface area contributed by atoms with Crippen molar-refractivity contribution in [1.29, 1.82) is 0 Å². The van der Waals surface area contributed by atoms with Crippen LogP contribution in [0, 0.1) is 0 Å². The summed E-state index contributed by atoms with van der Waals surface area (Å²) in [7, 11) is 0. The first-order chi connectivity index (χ1) is 5.20. The van der Waals surface area contributed by atoms with Crippen LogP contribution in [0.15, 0.2) is 29.4 Å². The van der Waals surface area contributed by atoms with Gasteiger partial charge in [0.25, 0.3) is 0 Å². The van der Waals surface area contributed by atoms with Gasteiger partial charge in [-0.1, -0.05) is 6.08 Å². The lowest BCUT2D eigenvalue weighted by molar-refractivity contribution is 0.564. The van der Waals surface area contributed by atoms with Gasteiger partial charge in [-0.25, -0.2) is 4.79 Å². The van der Waals surface area contributed by atoms with Crippen molar-refractivity contribution in [3.63, 3.8) is 0 Å². The van der Waals surface area contributed by atoms with Gasteiger partial charge in [-0.3, -0.25) is 0 Å². The number of hydrogen-bond donors (Lipinski definition) is 0. The Labute approximate surface area is 71.3 Å². The van der Waals surface area contributed by atoms with Crippen molar-refractivity contribution in [2.24, 2.45) is 4.99 Å². The van der Waals surface area contributed by atoms with Crippen LogP contribution in [-0.4, -0.2) is 11.5 Å². The molecule has 0 radical (unpaired) electrons. The lowest BCUT2D eigenvalue weighted by Gasteiger charge is -1.97. The molecule has 0 bridgehead atoms. The van der Waals surface area contributed by atoms with E-state index in [1.807, 2.05) is 0 Å². The number of allylic oxidation sites excluding steroid dienone is 3. The zero-order chi connectivity index (χ0) is 8.69. The number of carbonyl (C=O) groups excluding carboxylic acids is 1. The van der Waals surface area contributed by atoms with Crippen LogP contribution in [0.5, 0.6) is 0 Å². The fourth-order valence-electron chi connectivity index (χ4n) is 0.598. The highest BCUT2D eigenvalue weighted by atomic mass is 35.5. The Kier molecular flexibility index (Phi) is 5.44. The quantitative estimate of drug-likeness (QED) is 0.277. The Bertz CT molecular complexity index is 204. The first-order valence-electron chi connectivity index (χ1n) is 3.22. The number of alkyl halides is 1. The van der Waals surface area contributed by atoms with E-state index < -0.39 is 0 Å². The third-order valence-corrected chi connectivity index (χ3v) is 1.34. The van der Waals surface area contributed by atoms with Gasteiger partial charge in [-0.2, -0.15) is 4.99 Å². The third-order valence-electron chi connectivity index (χ3n) is 1.04. The summed E-state index contributed by atoms with van der Waals surface area (Å²) in [4.78, 5) is 13.1. The van der Waals surface area contributed by atoms with Gasteiger partial charge >= 0.3 is 0 Å². The molecule has 11 heavy (non-hydrogen) atoms. The van der Waals surface area contributed by atoms with Gasteiger partial charge in [0.15, 0.2) is 0 Å². The molecule has 1 atom stereocenters. The Morgan fingerprint density at radius 1 is 1.91 bits per heavy atom. The summed E-state index contributed by atoms with van der Waals surface area (Å²) in [5, 5.41) is -0.135. The first-order valence-corrected chi connectivity index (χ1v) is 3.65. The van der Waals surface area contributed by atoms with Crippen molar-refractivity contribution in [2.75, 3.05) is 0 Å². The Balaban J connectivity index is 4.05. The van der Waals surface area contributed by atoms with Crippen molar-refractivity contribution in [1.82, 2.24) is 0 Å². The molecular formula is C8H10ClNO. The van der Waals surface area contributed by atoms with Crippen molar-refractivity contribution >= 4 is 17.7 Å². The second-order valence-electron chi connectivity index (χ2n) is 2.05. The molecule has 0 aliphatic rings. The fraction of sp³-hybridized carbons (Fsp3) is 0.375. The maximum Gasteiger partial charge on any atom is 0.240 e. The van der Waals surface area contributed by atoms with Crippen LogP contribution in [-0.2, 0) is 4.79 Å². The number of rotatable bonds is 4. The van der Waals surface area contributed by atoms with E-state index in [9.17, 15) is 4.79 Å². The average molecular weight is 172 g/mol. The molecule has 3 heteroatoms. The summed E-state index contributed by atoms with van der Waals surface area (Å²) in [6, 6.07) is 0. The van der Waals surface area contributed by atoms with E-state index in [1.54, 1.807) is 19.1 Å². The van der Waals surface area contributed by atoms with E-state index in [0.717, 1.165) is 0 Å². The zero-order valence-electron chi connectivity index (χ0n) is 6.38. The van der Waals surface area contributed by atoms with Gasteiger partial charge in [0.1, 0.15) is 0 Å². The van der Waals surface area contributed by atoms with Gasteiger partial charge in [0.05, 0.1) is 5.38 Å². The maximum absolute atomic E-state index is 9.76. The summed E-state index contributed by atoms with van der Waals surface area (Å²) >= 11 is 5.77. The van der Waals surface area contributed by atoms with Gasteiger partial charge in [0.2, 0.25) is 6.08 Å². The van der Waals surface area contributed by atoms with Crippen LogP contribution in [0.1, 0.15) is 13.3 Å². The van der Waals surface area contributed by atoms with Crippen LogP contribution in [0.3, 0.4) is 0 Å². The maximum atomic E-state index is 9.76. The van der Waals surface area contributed by atoms with E-state index in [1.165, 1.54) is 6.08 Å². The van der Waals surface area contributed by atoms with Crippen LogP contribution in [0.25, 0.3) is 0 Å². The molecule has 0 unspecified atom stereocenters. The molecule has 0 saturated heterocycles. The molecule has 0 aliphatic carbocycles. The molecule has 0 heterocycles. The zero-order valence-corrected chi connectivity index (χ0v) is 7.14. The van der Waals surface area contributed by atoms with Gasteiger partial charge in [0, 0.05) is 5.70 Å². The highest BCUT2D eigenvalue weighted by molar-refractivity contribution is 6.21. The van der Waals surface area contributed by atoms with E-state index in [2.05, 4.69) is 11.6 Å². The molecule has 60 valence electrons. The van der Waals surface area contributed by atoms with Crippen LogP contribution in [0.4, 0.5) is 0 Å². The molecule has 0 aromatic rings. The standard InChI is InChI=1S/C8H10ClNO/c1-3-4-8(9)5-7(2)10-6-11/h3,5,8H,1,4H2,2H3/b7-5+/t8-/m0/s1. The Morgan fingerprint density at radius 2 is 2.55 bits per heavy atom. The van der Waals surface area contributed by atoms with Gasteiger partial charge < -0.3 is 0 Å². The third kappa shape index (κ3) is 5.59. The van der Waals surface area contributed by atoms with Crippen molar-refractivity contribution in [3.8, 4) is 0 Å². The normalized spacial score (nSPS) is 13.5. The number of aliphatic imine (C=N–C) groups is 1. The number of isocyanates is 1.